The molecule has 0 radical (unpaired) electrons. The molecule has 1 heterocycles. The molecule has 0 aliphatic rings. The first kappa shape index (κ1) is 19.8. The van der Waals surface area contributed by atoms with Crippen molar-refractivity contribution in [3.05, 3.63) is 22.4 Å². The van der Waals surface area contributed by atoms with Gasteiger partial charge in [-0.15, -0.1) is 11.3 Å². The number of rotatable bonds is 10. The van der Waals surface area contributed by atoms with Crippen LogP contribution in [0.5, 0.6) is 0 Å². The monoisotopic (exact) mass is 312 g/mol. The Kier molecular flexibility index (Phi) is 11.9. The van der Waals surface area contributed by atoms with Crippen LogP contribution in [0.1, 0.15) is 32.1 Å². The van der Waals surface area contributed by atoms with Crippen LogP contribution in [-0.2, 0) is 19.7 Å². The van der Waals surface area contributed by atoms with Crippen molar-refractivity contribution < 1.29 is 13.3 Å². The average molecular weight is 312 g/mol. The number of thiophene rings is 1. The molecule has 0 amide bonds. The zero-order valence-electron chi connectivity index (χ0n) is 11.6. The molecule has 106 valence electrons. The molecule has 1 rings (SSSR count). The fourth-order valence-corrected chi connectivity index (χ4v) is 5.30. The van der Waals surface area contributed by atoms with Gasteiger partial charge in [0.15, 0.2) is 0 Å². The first-order valence-electron chi connectivity index (χ1n) is 6.70. The second-order valence-corrected chi connectivity index (χ2v) is 7.68. The van der Waals surface area contributed by atoms with Gasteiger partial charge in [0.1, 0.15) is 0 Å². The van der Waals surface area contributed by atoms with Gasteiger partial charge in [-0.25, -0.2) is 0 Å². The van der Waals surface area contributed by atoms with Gasteiger partial charge >= 0.3 is 38.4 Å². The van der Waals surface area contributed by atoms with Crippen LogP contribution < -0.4 is 0 Å². The van der Waals surface area contributed by atoms with E-state index in [0.717, 1.165) is 18.9 Å². The number of hydrogen-bond acceptors (Lipinski definition) is 4. The SMILES string of the molecule is CCO[Si](CCCc1cccs1)(OCC)OCC.[NaH]. The van der Waals surface area contributed by atoms with Gasteiger partial charge in [0, 0.05) is 30.7 Å². The first-order chi connectivity index (χ1) is 8.76. The van der Waals surface area contributed by atoms with E-state index >= 15 is 0 Å². The predicted octanol–water partition coefficient (Wildman–Crippen LogP) is 3.08. The van der Waals surface area contributed by atoms with E-state index in [4.69, 9.17) is 13.3 Å². The van der Waals surface area contributed by atoms with Crippen molar-refractivity contribution >= 4 is 49.7 Å². The van der Waals surface area contributed by atoms with Gasteiger partial charge in [-0.2, -0.15) is 0 Å². The Morgan fingerprint density at radius 2 is 1.63 bits per heavy atom. The maximum atomic E-state index is 5.83. The summed E-state index contributed by atoms with van der Waals surface area (Å²) >= 11 is 1.81. The Labute approximate surface area is 144 Å². The normalized spacial score (nSPS) is 11.3. The Morgan fingerprint density at radius 1 is 1.05 bits per heavy atom. The van der Waals surface area contributed by atoms with Crippen LogP contribution in [0.2, 0.25) is 6.04 Å². The Bertz CT molecular complexity index is 292. The average Bonchev–Trinajstić information content (AvgIpc) is 2.83. The van der Waals surface area contributed by atoms with Crippen LogP contribution in [0.4, 0.5) is 0 Å². The van der Waals surface area contributed by atoms with Crippen LogP contribution in [0.15, 0.2) is 17.5 Å². The summed E-state index contributed by atoms with van der Waals surface area (Å²) in [7, 11) is -2.42. The third-order valence-electron chi connectivity index (χ3n) is 2.58. The summed E-state index contributed by atoms with van der Waals surface area (Å²) in [4.78, 5) is 1.42. The molecule has 0 fully saturated rings. The van der Waals surface area contributed by atoms with E-state index in [1.165, 1.54) is 4.88 Å². The number of hydrogen-bond donors (Lipinski definition) is 0. The first-order valence-corrected chi connectivity index (χ1v) is 9.51. The molecule has 0 aromatic carbocycles. The van der Waals surface area contributed by atoms with Gasteiger partial charge in [0.25, 0.3) is 0 Å². The van der Waals surface area contributed by atoms with Crippen molar-refractivity contribution in [3.8, 4) is 0 Å². The molecule has 0 aliphatic carbocycles. The zero-order valence-corrected chi connectivity index (χ0v) is 13.4. The van der Waals surface area contributed by atoms with Gasteiger partial charge < -0.3 is 13.3 Å². The second-order valence-electron chi connectivity index (χ2n) is 3.91. The van der Waals surface area contributed by atoms with Crippen molar-refractivity contribution in [2.75, 3.05) is 19.8 Å². The van der Waals surface area contributed by atoms with Crippen molar-refractivity contribution in [3.63, 3.8) is 0 Å². The summed E-state index contributed by atoms with van der Waals surface area (Å²) in [5.41, 5.74) is 0. The van der Waals surface area contributed by atoms with E-state index in [9.17, 15) is 0 Å². The molecule has 1 aromatic heterocycles. The molecule has 6 heteroatoms. The molecule has 0 unspecified atom stereocenters. The van der Waals surface area contributed by atoms with Crippen LogP contribution in [-0.4, -0.2) is 58.2 Å². The Morgan fingerprint density at radius 3 is 2.05 bits per heavy atom. The summed E-state index contributed by atoms with van der Waals surface area (Å²) in [6.07, 6.45) is 2.15. The van der Waals surface area contributed by atoms with E-state index in [0.29, 0.717) is 19.8 Å². The third-order valence-corrected chi connectivity index (χ3v) is 6.67. The summed E-state index contributed by atoms with van der Waals surface area (Å²) < 4.78 is 17.5. The number of aryl methyl sites for hydroxylation is 1. The molecule has 0 saturated heterocycles. The molecule has 19 heavy (non-hydrogen) atoms. The fourth-order valence-electron chi connectivity index (χ4n) is 1.94. The molecular weight excluding hydrogens is 287 g/mol. The Hall–Kier alpha value is 0.797. The molecule has 0 N–H and O–H groups in total. The topological polar surface area (TPSA) is 27.7 Å². The van der Waals surface area contributed by atoms with Gasteiger partial charge in [0.2, 0.25) is 0 Å². The van der Waals surface area contributed by atoms with E-state index < -0.39 is 8.80 Å². The molecule has 0 aliphatic heterocycles. The van der Waals surface area contributed by atoms with Crippen molar-refractivity contribution in [2.24, 2.45) is 0 Å². The summed E-state index contributed by atoms with van der Waals surface area (Å²) in [5.74, 6) is 0. The Balaban J connectivity index is 0.00000324. The molecular formula is C13H25NaO3SSi. The zero-order chi connectivity index (χ0) is 13.3. The van der Waals surface area contributed by atoms with Crippen molar-refractivity contribution in [1.82, 2.24) is 0 Å². The van der Waals surface area contributed by atoms with Crippen LogP contribution >= 0.6 is 11.3 Å². The fraction of sp³-hybridized carbons (Fsp3) is 0.692. The van der Waals surface area contributed by atoms with Crippen LogP contribution in [0.25, 0.3) is 0 Å². The third kappa shape index (κ3) is 7.39. The van der Waals surface area contributed by atoms with E-state index in [1.807, 2.05) is 20.8 Å². The van der Waals surface area contributed by atoms with Crippen LogP contribution in [0, 0.1) is 0 Å². The van der Waals surface area contributed by atoms with Gasteiger partial charge in [-0.1, -0.05) is 6.07 Å². The summed E-state index contributed by atoms with van der Waals surface area (Å²) in [5, 5.41) is 2.12. The van der Waals surface area contributed by atoms with E-state index in [1.54, 1.807) is 11.3 Å². The van der Waals surface area contributed by atoms with Gasteiger partial charge in [-0.05, 0) is 45.1 Å². The summed E-state index contributed by atoms with van der Waals surface area (Å²) in [6.45, 7) is 7.97. The second kappa shape index (κ2) is 11.5. The minimum absolute atomic E-state index is 0. The maximum absolute atomic E-state index is 5.83. The minimum atomic E-state index is -2.42. The van der Waals surface area contributed by atoms with Crippen LogP contribution in [0.3, 0.4) is 0 Å². The van der Waals surface area contributed by atoms with E-state index in [-0.39, 0.29) is 29.6 Å². The van der Waals surface area contributed by atoms with Gasteiger partial charge in [-0.3, -0.25) is 0 Å². The van der Waals surface area contributed by atoms with Gasteiger partial charge in [0.05, 0.1) is 0 Å². The molecule has 0 saturated carbocycles. The predicted molar refractivity (Wildman–Crippen MR) is 85.2 cm³/mol. The summed E-state index contributed by atoms with van der Waals surface area (Å²) in [6, 6.07) is 5.18. The van der Waals surface area contributed by atoms with E-state index in [2.05, 4.69) is 17.5 Å². The van der Waals surface area contributed by atoms with Crippen molar-refractivity contribution in [1.29, 1.82) is 0 Å². The molecule has 0 spiro atoms. The molecule has 1 aromatic rings. The quantitative estimate of drug-likeness (QED) is 0.621. The molecule has 0 bridgehead atoms. The standard InChI is InChI=1S/C13H24O3SSi.Na.H/c1-4-14-18(15-5-2,16-6-3)12-8-10-13-9-7-11-17-13;;/h7,9,11H,4-6,8,10,12H2,1-3H3;;. The molecule has 3 nitrogen and oxygen atoms in total. The van der Waals surface area contributed by atoms with Crippen molar-refractivity contribution in [2.45, 2.75) is 39.7 Å². The molecule has 0 atom stereocenters.